The lowest BCUT2D eigenvalue weighted by Gasteiger charge is -2.28. The summed E-state index contributed by atoms with van der Waals surface area (Å²) in [6.45, 7) is 4.60. The Balaban J connectivity index is 2.15. The van der Waals surface area contributed by atoms with Gasteiger partial charge in [-0.1, -0.05) is 13.0 Å². The third-order valence-electron chi connectivity index (χ3n) is 3.95. The van der Waals surface area contributed by atoms with Crippen molar-refractivity contribution in [3.8, 4) is 0 Å². The summed E-state index contributed by atoms with van der Waals surface area (Å²) in [5, 5.41) is 0. The van der Waals surface area contributed by atoms with E-state index in [1.807, 2.05) is 26.0 Å². The molecule has 5 heteroatoms. The molecule has 0 bridgehead atoms. The number of nitrogens with zero attached hydrogens (tertiary/aromatic N) is 3. The monoisotopic (exact) mass is 289 g/mol. The first-order valence-electron chi connectivity index (χ1n) is 7.55. The number of pyridine rings is 1. The molecule has 1 saturated heterocycles. The summed E-state index contributed by atoms with van der Waals surface area (Å²) in [4.78, 5) is 32.4. The Morgan fingerprint density at radius 2 is 2.24 bits per heavy atom. The molecule has 114 valence electrons. The average Bonchev–Trinajstić information content (AvgIpc) is 2.96. The fourth-order valence-corrected chi connectivity index (χ4v) is 2.84. The van der Waals surface area contributed by atoms with Gasteiger partial charge in [-0.25, -0.2) is 4.98 Å². The Kier molecular flexibility index (Phi) is 4.94. The van der Waals surface area contributed by atoms with Crippen LogP contribution in [0, 0.1) is 6.92 Å². The van der Waals surface area contributed by atoms with E-state index >= 15 is 0 Å². The summed E-state index contributed by atoms with van der Waals surface area (Å²) in [5.74, 6) is 0.704. The zero-order chi connectivity index (χ0) is 15.4. The molecule has 0 aliphatic carbocycles. The summed E-state index contributed by atoms with van der Waals surface area (Å²) in [5.41, 5.74) is 0.956. The number of aromatic nitrogens is 1. The number of carbonyl (C=O) groups is 2. The number of anilines is 1. The minimum atomic E-state index is -0.338. The van der Waals surface area contributed by atoms with E-state index in [0.717, 1.165) is 24.8 Å². The number of likely N-dealkylation sites (N-methyl/N-ethyl adjacent to an activating group) is 1. The van der Waals surface area contributed by atoms with Gasteiger partial charge in [0.05, 0.1) is 0 Å². The average molecular weight is 289 g/mol. The van der Waals surface area contributed by atoms with Gasteiger partial charge in [0.15, 0.2) is 0 Å². The molecule has 1 aromatic heterocycles. The second kappa shape index (κ2) is 6.70. The minimum absolute atomic E-state index is 0.0428. The predicted molar refractivity (Wildman–Crippen MR) is 82.0 cm³/mol. The van der Waals surface area contributed by atoms with E-state index in [1.165, 1.54) is 0 Å². The molecule has 0 N–H and O–H groups in total. The Bertz CT molecular complexity index is 530. The summed E-state index contributed by atoms with van der Waals surface area (Å²) >= 11 is 0. The van der Waals surface area contributed by atoms with Crippen LogP contribution in [-0.2, 0) is 9.59 Å². The molecule has 0 aromatic carbocycles. The Labute approximate surface area is 126 Å². The molecule has 1 aliphatic rings. The molecule has 1 aromatic rings. The van der Waals surface area contributed by atoms with Crippen LogP contribution in [0.4, 0.5) is 5.82 Å². The lowest BCUT2D eigenvalue weighted by Crippen LogP contribution is -2.47. The highest BCUT2D eigenvalue weighted by atomic mass is 16.2. The van der Waals surface area contributed by atoms with Gasteiger partial charge in [0, 0.05) is 26.2 Å². The smallest absolute Gasteiger partial charge is 0.250 e. The molecule has 2 rings (SSSR count). The van der Waals surface area contributed by atoms with Crippen molar-refractivity contribution in [2.45, 2.75) is 45.6 Å². The van der Waals surface area contributed by atoms with E-state index in [4.69, 9.17) is 0 Å². The molecule has 1 fully saturated rings. The zero-order valence-corrected chi connectivity index (χ0v) is 13.0. The molecule has 1 unspecified atom stereocenters. The van der Waals surface area contributed by atoms with Gasteiger partial charge in [0.2, 0.25) is 5.91 Å². The van der Waals surface area contributed by atoms with Crippen LogP contribution >= 0.6 is 0 Å². The van der Waals surface area contributed by atoms with Gasteiger partial charge in [-0.05, 0) is 37.8 Å². The van der Waals surface area contributed by atoms with Crippen LogP contribution in [-0.4, -0.2) is 41.3 Å². The van der Waals surface area contributed by atoms with E-state index < -0.39 is 0 Å². The molecule has 2 amide bonds. The van der Waals surface area contributed by atoms with E-state index in [1.54, 1.807) is 23.0 Å². The maximum absolute atomic E-state index is 12.7. The van der Waals surface area contributed by atoms with Crippen molar-refractivity contribution in [2.24, 2.45) is 0 Å². The fourth-order valence-electron chi connectivity index (χ4n) is 2.84. The van der Waals surface area contributed by atoms with Crippen molar-refractivity contribution in [3.63, 3.8) is 0 Å². The molecule has 0 saturated carbocycles. The standard InChI is InChI=1S/C16H23N3O2/c1-4-7-14(20)19-11-6-9-13(19)16(21)18(3)15-12(2)8-5-10-17-15/h5,8,10,13H,4,6-7,9,11H2,1-3H3. The number of hydrogen-bond donors (Lipinski definition) is 0. The predicted octanol–water partition coefficient (Wildman–Crippen LogP) is 2.14. The fraction of sp³-hybridized carbons (Fsp3) is 0.562. The van der Waals surface area contributed by atoms with Crippen LogP contribution in [0.3, 0.4) is 0 Å². The molecule has 21 heavy (non-hydrogen) atoms. The highest BCUT2D eigenvalue weighted by Crippen LogP contribution is 2.23. The summed E-state index contributed by atoms with van der Waals surface area (Å²) in [6, 6.07) is 3.44. The first-order chi connectivity index (χ1) is 10.1. The van der Waals surface area contributed by atoms with Crippen LogP contribution in [0.1, 0.15) is 38.2 Å². The van der Waals surface area contributed by atoms with Crippen LogP contribution in [0.15, 0.2) is 18.3 Å². The quantitative estimate of drug-likeness (QED) is 0.853. The second-order valence-corrected chi connectivity index (χ2v) is 5.54. The maximum atomic E-state index is 12.7. The molecule has 1 atom stereocenters. The van der Waals surface area contributed by atoms with Gasteiger partial charge < -0.3 is 4.90 Å². The first kappa shape index (κ1) is 15.5. The Morgan fingerprint density at radius 3 is 2.90 bits per heavy atom. The Morgan fingerprint density at radius 1 is 1.48 bits per heavy atom. The van der Waals surface area contributed by atoms with Gasteiger partial charge in [-0.15, -0.1) is 0 Å². The van der Waals surface area contributed by atoms with Crippen LogP contribution in [0.25, 0.3) is 0 Å². The van der Waals surface area contributed by atoms with Crippen LogP contribution < -0.4 is 4.90 Å². The molecule has 0 spiro atoms. The van der Waals surface area contributed by atoms with Gasteiger partial charge in [-0.3, -0.25) is 14.5 Å². The number of aryl methyl sites for hydroxylation is 1. The van der Waals surface area contributed by atoms with E-state index in [2.05, 4.69) is 4.98 Å². The first-order valence-corrected chi connectivity index (χ1v) is 7.55. The van der Waals surface area contributed by atoms with Crippen LogP contribution in [0.2, 0.25) is 0 Å². The Hall–Kier alpha value is -1.91. The maximum Gasteiger partial charge on any atom is 0.250 e. The number of amides is 2. The third kappa shape index (κ3) is 3.23. The molecule has 0 radical (unpaired) electrons. The number of hydrogen-bond acceptors (Lipinski definition) is 3. The largest absolute Gasteiger partial charge is 0.331 e. The lowest BCUT2D eigenvalue weighted by molar-refractivity contribution is -0.137. The molecular weight excluding hydrogens is 266 g/mol. The summed E-state index contributed by atoms with van der Waals surface area (Å²) in [7, 11) is 1.73. The molecular formula is C16H23N3O2. The van der Waals surface area contributed by atoms with Crippen molar-refractivity contribution in [2.75, 3.05) is 18.5 Å². The highest BCUT2D eigenvalue weighted by Gasteiger charge is 2.35. The normalized spacial score (nSPS) is 17.9. The zero-order valence-electron chi connectivity index (χ0n) is 13.0. The molecule has 1 aliphatic heterocycles. The van der Waals surface area contributed by atoms with E-state index in [9.17, 15) is 9.59 Å². The van der Waals surface area contributed by atoms with Crippen molar-refractivity contribution in [1.29, 1.82) is 0 Å². The van der Waals surface area contributed by atoms with Gasteiger partial charge in [0.25, 0.3) is 5.91 Å². The number of likely N-dealkylation sites (tertiary alicyclic amines) is 1. The molecule has 2 heterocycles. The third-order valence-corrected chi connectivity index (χ3v) is 3.95. The SMILES string of the molecule is CCCC(=O)N1CCCC1C(=O)N(C)c1ncccc1C. The van der Waals surface area contributed by atoms with Crippen molar-refractivity contribution in [3.05, 3.63) is 23.9 Å². The highest BCUT2D eigenvalue weighted by molar-refractivity contribution is 5.98. The summed E-state index contributed by atoms with van der Waals surface area (Å²) < 4.78 is 0. The number of carbonyl (C=O) groups excluding carboxylic acids is 2. The van der Waals surface area contributed by atoms with Gasteiger partial charge >= 0.3 is 0 Å². The summed E-state index contributed by atoms with van der Waals surface area (Å²) in [6.07, 6.45) is 4.63. The topological polar surface area (TPSA) is 53.5 Å². The van der Waals surface area contributed by atoms with Crippen molar-refractivity contribution < 1.29 is 9.59 Å². The minimum Gasteiger partial charge on any atom is -0.331 e. The van der Waals surface area contributed by atoms with Crippen molar-refractivity contribution >= 4 is 17.6 Å². The van der Waals surface area contributed by atoms with Gasteiger partial charge in [-0.2, -0.15) is 0 Å². The van der Waals surface area contributed by atoms with E-state index in [0.29, 0.717) is 18.8 Å². The number of rotatable bonds is 4. The lowest BCUT2D eigenvalue weighted by atomic mass is 10.1. The van der Waals surface area contributed by atoms with E-state index in [-0.39, 0.29) is 17.9 Å². The van der Waals surface area contributed by atoms with Gasteiger partial charge in [0.1, 0.15) is 11.9 Å². The molecule has 5 nitrogen and oxygen atoms in total. The van der Waals surface area contributed by atoms with Crippen LogP contribution in [0.5, 0.6) is 0 Å². The van der Waals surface area contributed by atoms with Crippen molar-refractivity contribution in [1.82, 2.24) is 9.88 Å². The second-order valence-electron chi connectivity index (χ2n) is 5.54.